The van der Waals surface area contributed by atoms with E-state index in [1.165, 1.54) is 7.11 Å². The first-order valence-corrected chi connectivity index (χ1v) is 8.55. The number of benzene rings is 2. The van der Waals surface area contributed by atoms with Gasteiger partial charge in [0.05, 0.1) is 14.2 Å². The monoisotopic (exact) mass is 367 g/mol. The zero-order chi connectivity index (χ0) is 19.4. The minimum absolute atomic E-state index is 0.0934. The van der Waals surface area contributed by atoms with Crippen LogP contribution in [0.2, 0.25) is 0 Å². The molecule has 2 aromatic carbocycles. The first-order chi connectivity index (χ1) is 13.0. The molecule has 6 nitrogen and oxygen atoms in total. The number of ether oxygens (including phenoxy) is 2. The van der Waals surface area contributed by atoms with Crippen molar-refractivity contribution >= 4 is 22.8 Å². The number of hydrogen-bond donors (Lipinski definition) is 2. The van der Waals surface area contributed by atoms with Crippen LogP contribution in [0, 0.1) is 5.92 Å². The Morgan fingerprint density at radius 2 is 1.85 bits per heavy atom. The summed E-state index contributed by atoms with van der Waals surface area (Å²) in [5, 5.41) is 10.5. The second-order valence-electron chi connectivity index (χ2n) is 6.27. The molecule has 0 fully saturated rings. The summed E-state index contributed by atoms with van der Waals surface area (Å²) in [5.74, 6) is -2.79. The van der Waals surface area contributed by atoms with Gasteiger partial charge < -0.3 is 19.6 Å². The number of fused-ring (bicyclic) bond motifs is 1. The van der Waals surface area contributed by atoms with Crippen LogP contribution in [0.5, 0.6) is 5.75 Å². The van der Waals surface area contributed by atoms with E-state index >= 15 is 0 Å². The first kappa shape index (κ1) is 18.5. The van der Waals surface area contributed by atoms with Gasteiger partial charge in [0, 0.05) is 23.0 Å². The Balaban J connectivity index is 2.11. The van der Waals surface area contributed by atoms with Gasteiger partial charge in [-0.3, -0.25) is 9.59 Å². The van der Waals surface area contributed by atoms with Gasteiger partial charge in [-0.15, -0.1) is 0 Å². The topological polar surface area (TPSA) is 88.6 Å². The maximum atomic E-state index is 12.0. The summed E-state index contributed by atoms with van der Waals surface area (Å²) >= 11 is 0. The summed E-state index contributed by atoms with van der Waals surface area (Å²) in [6.07, 6.45) is 1.95. The predicted octanol–water partition coefficient (Wildman–Crippen LogP) is 3.57. The van der Waals surface area contributed by atoms with E-state index in [0.29, 0.717) is 5.75 Å². The van der Waals surface area contributed by atoms with Gasteiger partial charge in [-0.05, 0) is 35.7 Å². The molecule has 2 unspecified atom stereocenters. The van der Waals surface area contributed by atoms with E-state index in [1.807, 2.05) is 54.7 Å². The number of esters is 1. The van der Waals surface area contributed by atoms with Crippen molar-refractivity contribution in [2.75, 3.05) is 14.2 Å². The Hall–Kier alpha value is -3.28. The Kier molecular flexibility index (Phi) is 5.45. The van der Waals surface area contributed by atoms with Crippen LogP contribution >= 0.6 is 0 Å². The maximum Gasteiger partial charge on any atom is 0.320 e. The molecular weight excluding hydrogens is 346 g/mol. The molecule has 0 saturated carbocycles. The van der Waals surface area contributed by atoms with E-state index in [4.69, 9.17) is 9.47 Å². The van der Waals surface area contributed by atoms with Crippen LogP contribution in [-0.2, 0) is 14.3 Å². The molecule has 0 aliphatic heterocycles. The number of aliphatic carboxylic acids is 1. The number of nitrogens with one attached hydrogen (secondary N) is 1. The lowest BCUT2D eigenvalue weighted by molar-refractivity contribution is -0.157. The number of carbonyl (C=O) groups excluding carboxylic acids is 1. The summed E-state index contributed by atoms with van der Waals surface area (Å²) in [4.78, 5) is 26.9. The summed E-state index contributed by atoms with van der Waals surface area (Å²) in [5.41, 5.74) is 2.75. The highest BCUT2D eigenvalue weighted by Gasteiger charge is 2.32. The molecule has 3 rings (SSSR count). The summed E-state index contributed by atoms with van der Waals surface area (Å²) in [7, 11) is 2.80. The molecule has 0 aliphatic rings. The van der Waals surface area contributed by atoms with Crippen LogP contribution in [-0.4, -0.2) is 36.2 Å². The smallest absolute Gasteiger partial charge is 0.320 e. The lowest BCUT2D eigenvalue weighted by Gasteiger charge is -2.20. The van der Waals surface area contributed by atoms with Crippen molar-refractivity contribution in [3.05, 3.63) is 65.9 Å². The average molecular weight is 367 g/mol. The highest BCUT2D eigenvalue weighted by atomic mass is 16.5. The van der Waals surface area contributed by atoms with Crippen LogP contribution < -0.4 is 4.74 Å². The van der Waals surface area contributed by atoms with Gasteiger partial charge in [0.1, 0.15) is 5.75 Å². The molecule has 2 N–H and O–H groups in total. The minimum atomic E-state index is -1.25. The molecule has 0 bridgehead atoms. The fourth-order valence-electron chi connectivity index (χ4n) is 3.34. The molecule has 0 amide bonds. The van der Waals surface area contributed by atoms with Gasteiger partial charge >= 0.3 is 11.9 Å². The highest BCUT2D eigenvalue weighted by Crippen LogP contribution is 2.37. The highest BCUT2D eigenvalue weighted by molar-refractivity contribution is 5.94. The van der Waals surface area contributed by atoms with Crippen LogP contribution in [0.4, 0.5) is 0 Å². The molecule has 0 saturated heterocycles. The van der Waals surface area contributed by atoms with Crippen molar-refractivity contribution in [3.63, 3.8) is 0 Å². The average Bonchev–Trinajstić information content (AvgIpc) is 3.11. The van der Waals surface area contributed by atoms with Gasteiger partial charge in [0.25, 0.3) is 0 Å². The number of methoxy groups -OCH3 is 2. The van der Waals surface area contributed by atoms with Crippen molar-refractivity contribution in [2.24, 2.45) is 5.92 Å². The molecule has 27 heavy (non-hydrogen) atoms. The van der Waals surface area contributed by atoms with Crippen molar-refractivity contribution in [1.29, 1.82) is 0 Å². The second-order valence-corrected chi connectivity index (χ2v) is 6.27. The standard InChI is InChI=1S/C21H21NO5/c1-26-14-8-9-19-16(10-14)18(12-22-19)15(13-6-4-3-5-7-13)11-17(20(23)24)21(25)27-2/h3-10,12,15,17,22H,11H2,1-2H3,(H,23,24). The largest absolute Gasteiger partial charge is 0.497 e. The van der Waals surface area contributed by atoms with Crippen LogP contribution in [0.3, 0.4) is 0 Å². The van der Waals surface area contributed by atoms with Crippen molar-refractivity contribution in [1.82, 2.24) is 4.98 Å². The molecule has 0 spiro atoms. The third-order valence-corrected chi connectivity index (χ3v) is 4.75. The summed E-state index contributed by atoms with van der Waals surface area (Å²) in [6.45, 7) is 0. The number of H-pyrrole nitrogens is 1. The quantitative estimate of drug-likeness (QED) is 0.492. The maximum absolute atomic E-state index is 12.0. The predicted molar refractivity (Wildman–Crippen MR) is 101 cm³/mol. The van der Waals surface area contributed by atoms with Crippen molar-refractivity contribution < 1.29 is 24.2 Å². The Morgan fingerprint density at radius 1 is 1.11 bits per heavy atom. The Morgan fingerprint density at radius 3 is 2.48 bits per heavy atom. The number of hydrogen-bond acceptors (Lipinski definition) is 4. The molecule has 1 heterocycles. The van der Waals surface area contributed by atoms with Gasteiger partial charge in [-0.2, -0.15) is 0 Å². The SMILES string of the molecule is COC(=O)C(CC(c1ccccc1)c1c[nH]c2ccc(OC)cc12)C(=O)O. The lowest BCUT2D eigenvalue weighted by Crippen LogP contribution is -2.27. The van der Waals surface area contributed by atoms with Crippen molar-refractivity contribution in [2.45, 2.75) is 12.3 Å². The fourth-order valence-corrected chi connectivity index (χ4v) is 3.34. The Bertz CT molecular complexity index is 948. The summed E-state index contributed by atoms with van der Waals surface area (Å²) < 4.78 is 10.0. The van der Waals surface area contributed by atoms with E-state index in [-0.39, 0.29) is 12.3 Å². The number of rotatable bonds is 7. The van der Waals surface area contributed by atoms with E-state index in [0.717, 1.165) is 22.0 Å². The number of carbonyl (C=O) groups is 2. The molecular formula is C21H21NO5. The van der Waals surface area contributed by atoms with E-state index in [9.17, 15) is 14.7 Å². The number of aromatic nitrogens is 1. The van der Waals surface area contributed by atoms with E-state index < -0.39 is 17.9 Å². The minimum Gasteiger partial charge on any atom is -0.497 e. The molecule has 6 heteroatoms. The third-order valence-electron chi connectivity index (χ3n) is 4.75. The van der Waals surface area contributed by atoms with Gasteiger partial charge in [0.2, 0.25) is 0 Å². The molecule has 1 aromatic heterocycles. The first-order valence-electron chi connectivity index (χ1n) is 8.55. The second kappa shape index (κ2) is 7.95. The van der Waals surface area contributed by atoms with Gasteiger partial charge in [-0.25, -0.2) is 0 Å². The summed E-state index contributed by atoms with van der Waals surface area (Å²) in [6, 6.07) is 15.2. The zero-order valence-electron chi connectivity index (χ0n) is 15.1. The molecule has 140 valence electrons. The molecule has 0 radical (unpaired) electrons. The van der Waals surface area contributed by atoms with Crippen molar-refractivity contribution in [3.8, 4) is 5.75 Å². The normalized spacial score (nSPS) is 13.1. The lowest BCUT2D eigenvalue weighted by atomic mass is 9.83. The van der Waals surface area contributed by atoms with E-state index in [2.05, 4.69) is 4.98 Å². The third kappa shape index (κ3) is 3.79. The molecule has 3 aromatic rings. The molecule has 2 atom stereocenters. The fraction of sp³-hybridized carbons (Fsp3) is 0.238. The van der Waals surface area contributed by atoms with Crippen LogP contribution in [0.15, 0.2) is 54.7 Å². The molecule has 0 aliphatic carbocycles. The van der Waals surface area contributed by atoms with E-state index in [1.54, 1.807) is 7.11 Å². The number of aromatic amines is 1. The van der Waals surface area contributed by atoms with Gasteiger partial charge in [0.15, 0.2) is 5.92 Å². The number of carboxylic acid groups (broad SMARTS) is 1. The number of carboxylic acids is 1. The Labute approximate surface area is 156 Å². The zero-order valence-corrected chi connectivity index (χ0v) is 15.1. The van der Waals surface area contributed by atoms with Crippen LogP contribution in [0.1, 0.15) is 23.5 Å². The van der Waals surface area contributed by atoms with Gasteiger partial charge in [-0.1, -0.05) is 30.3 Å². The van der Waals surface area contributed by atoms with Crippen LogP contribution in [0.25, 0.3) is 10.9 Å².